The molecule has 0 aliphatic heterocycles. The molecule has 0 atom stereocenters. The summed E-state index contributed by atoms with van der Waals surface area (Å²) in [5.41, 5.74) is 2.60. The number of nitrogens with one attached hydrogen (secondary N) is 1. The Bertz CT molecular complexity index is 621. The molecule has 21 heavy (non-hydrogen) atoms. The van der Waals surface area contributed by atoms with Crippen LogP contribution in [-0.4, -0.2) is 16.7 Å². The number of pyridine rings is 1. The van der Waals surface area contributed by atoms with Crippen molar-refractivity contribution in [2.24, 2.45) is 0 Å². The summed E-state index contributed by atoms with van der Waals surface area (Å²) in [4.78, 5) is 4.35. The van der Waals surface area contributed by atoms with E-state index in [4.69, 9.17) is 4.74 Å². The van der Waals surface area contributed by atoms with Crippen molar-refractivity contribution in [3.63, 3.8) is 0 Å². The molecule has 0 aliphatic carbocycles. The molecule has 1 aromatic carbocycles. The zero-order valence-corrected chi connectivity index (χ0v) is 14.7. The van der Waals surface area contributed by atoms with E-state index in [0.29, 0.717) is 18.9 Å². The summed E-state index contributed by atoms with van der Waals surface area (Å²) in [6.45, 7) is 3.04. The maximum atomic E-state index is 9.40. The number of aliphatic hydroxyl groups excluding tert-OH is 1. The molecule has 1 aromatic heterocycles. The lowest BCUT2D eigenvalue weighted by Crippen LogP contribution is -2.04. The van der Waals surface area contributed by atoms with E-state index in [9.17, 15) is 5.11 Å². The van der Waals surface area contributed by atoms with Gasteiger partial charge in [-0.15, -0.1) is 0 Å². The smallest absolute Gasteiger partial charge is 0.124 e. The fraction of sp³-hybridized carbons (Fsp3) is 0.267. The summed E-state index contributed by atoms with van der Waals surface area (Å²) in [5.74, 6) is 0.716. The fourth-order valence-electron chi connectivity index (χ4n) is 1.87. The Kier molecular flexibility index (Phi) is 6.02. The van der Waals surface area contributed by atoms with Crippen LogP contribution < -0.4 is 10.1 Å². The first-order valence-corrected chi connectivity index (χ1v) is 8.13. The Balaban J connectivity index is 2.09. The predicted molar refractivity (Wildman–Crippen MR) is 90.5 cm³/mol. The lowest BCUT2D eigenvalue weighted by atomic mass is 10.2. The van der Waals surface area contributed by atoms with E-state index < -0.39 is 0 Å². The monoisotopic (exact) mass is 414 g/mol. The van der Waals surface area contributed by atoms with Crippen molar-refractivity contribution in [1.82, 2.24) is 4.98 Å². The number of aliphatic hydroxyl groups is 1. The van der Waals surface area contributed by atoms with Crippen molar-refractivity contribution in [1.29, 1.82) is 0 Å². The number of ether oxygens (including phenoxy) is 1. The first kappa shape index (κ1) is 16.3. The molecular weight excluding hydrogens is 400 g/mol. The van der Waals surface area contributed by atoms with Crippen LogP contribution in [0.3, 0.4) is 0 Å². The highest BCUT2D eigenvalue weighted by Crippen LogP contribution is 2.24. The van der Waals surface area contributed by atoms with Gasteiger partial charge in [-0.3, -0.25) is 4.98 Å². The van der Waals surface area contributed by atoms with Crippen LogP contribution in [0.2, 0.25) is 0 Å². The lowest BCUT2D eigenvalue weighted by molar-refractivity contribution is 0.267. The molecule has 0 saturated carbocycles. The molecule has 112 valence electrons. The van der Waals surface area contributed by atoms with Gasteiger partial charge in [0.05, 0.1) is 25.5 Å². The van der Waals surface area contributed by atoms with Crippen molar-refractivity contribution < 1.29 is 9.84 Å². The van der Waals surface area contributed by atoms with Crippen molar-refractivity contribution >= 4 is 37.5 Å². The first-order valence-electron chi connectivity index (χ1n) is 6.54. The van der Waals surface area contributed by atoms with Crippen LogP contribution in [0.4, 0.5) is 5.69 Å². The van der Waals surface area contributed by atoms with Gasteiger partial charge in [0.2, 0.25) is 0 Å². The summed E-state index contributed by atoms with van der Waals surface area (Å²) in [6, 6.07) is 7.64. The van der Waals surface area contributed by atoms with Gasteiger partial charge in [-0.25, -0.2) is 0 Å². The maximum Gasteiger partial charge on any atom is 0.124 e. The van der Waals surface area contributed by atoms with Crippen LogP contribution in [0.1, 0.15) is 18.2 Å². The lowest BCUT2D eigenvalue weighted by Gasteiger charge is -2.12. The Hall–Kier alpha value is -1.11. The second kappa shape index (κ2) is 7.77. The summed E-state index contributed by atoms with van der Waals surface area (Å²) < 4.78 is 7.34. The van der Waals surface area contributed by atoms with Crippen LogP contribution >= 0.6 is 31.9 Å². The molecule has 0 saturated heterocycles. The summed E-state index contributed by atoms with van der Waals surface area (Å²) in [7, 11) is 0. The number of hydrogen-bond donors (Lipinski definition) is 2. The number of halogens is 2. The molecule has 2 rings (SSSR count). The molecule has 0 aliphatic rings. The highest BCUT2D eigenvalue weighted by atomic mass is 79.9. The zero-order chi connectivity index (χ0) is 15.2. The maximum absolute atomic E-state index is 9.40. The second-order valence-corrected chi connectivity index (χ2v) is 6.12. The molecule has 6 heteroatoms. The number of hydrogen-bond acceptors (Lipinski definition) is 4. The van der Waals surface area contributed by atoms with E-state index in [0.717, 1.165) is 25.9 Å². The molecule has 0 fully saturated rings. The normalized spacial score (nSPS) is 10.5. The number of nitrogens with zero attached hydrogens (tertiary/aromatic N) is 1. The summed E-state index contributed by atoms with van der Waals surface area (Å²) >= 11 is 6.87. The van der Waals surface area contributed by atoms with Crippen LogP contribution in [-0.2, 0) is 13.2 Å². The number of rotatable bonds is 6. The van der Waals surface area contributed by atoms with E-state index in [1.807, 2.05) is 31.2 Å². The molecule has 0 amide bonds. The van der Waals surface area contributed by atoms with E-state index in [1.54, 1.807) is 6.20 Å². The van der Waals surface area contributed by atoms with E-state index >= 15 is 0 Å². The zero-order valence-electron chi connectivity index (χ0n) is 11.6. The number of aromatic nitrogens is 1. The fourth-order valence-corrected chi connectivity index (χ4v) is 3.00. The van der Waals surface area contributed by atoms with Gasteiger partial charge >= 0.3 is 0 Å². The molecular formula is C15H16Br2N2O2. The third kappa shape index (κ3) is 4.43. The SMILES string of the molecule is CCOc1ccc(NCc2ncc(Br)cc2Br)cc1CO. The van der Waals surface area contributed by atoms with Crippen molar-refractivity contribution in [3.8, 4) is 5.75 Å². The van der Waals surface area contributed by atoms with Gasteiger partial charge in [0.25, 0.3) is 0 Å². The predicted octanol–water partition coefficient (Wildman–Crippen LogP) is 4.11. The third-order valence-electron chi connectivity index (χ3n) is 2.87. The van der Waals surface area contributed by atoms with Gasteiger partial charge in [-0.1, -0.05) is 0 Å². The van der Waals surface area contributed by atoms with Crippen LogP contribution in [0.15, 0.2) is 39.4 Å². The Labute approximate surface area is 140 Å². The van der Waals surface area contributed by atoms with E-state index in [2.05, 4.69) is 42.2 Å². The van der Waals surface area contributed by atoms with Crippen LogP contribution in [0, 0.1) is 0 Å². The second-order valence-electron chi connectivity index (χ2n) is 4.35. The molecule has 2 N–H and O–H groups in total. The Morgan fingerprint density at radius 3 is 2.76 bits per heavy atom. The molecule has 4 nitrogen and oxygen atoms in total. The molecule has 0 radical (unpaired) electrons. The van der Waals surface area contributed by atoms with Crippen LogP contribution in [0.5, 0.6) is 5.75 Å². The van der Waals surface area contributed by atoms with E-state index in [1.165, 1.54) is 0 Å². The van der Waals surface area contributed by atoms with Gasteiger partial charge in [0.1, 0.15) is 5.75 Å². The van der Waals surface area contributed by atoms with E-state index in [-0.39, 0.29) is 6.61 Å². The minimum absolute atomic E-state index is 0.0505. The summed E-state index contributed by atoms with van der Waals surface area (Å²) in [5, 5.41) is 12.7. The molecule has 2 aromatic rings. The molecule has 0 unspecified atom stereocenters. The van der Waals surface area contributed by atoms with Crippen molar-refractivity contribution in [3.05, 3.63) is 50.7 Å². The highest BCUT2D eigenvalue weighted by molar-refractivity contribution is 9.11. The van der Waals surface area contributed by atoms with Crippen molar-refractivity contribution in [2.45, 2.75) is 20.1 Å². The van der Waals surface area contributed by atoms with Gasteiger partial charge < -0.3 is 15.2 Å². The minimum atomic E-state index is -0.0505. The average molecular weight is 416 g/mol. The molecule has 1 heterocycles. The molecule has 0 spiro atoms. The average Bonchev–Trinajstić information content (AvgIpc) is 2.47. The standard InChI is InChI=1S/C15H16Br2N2O2/c1-2-21-15-4-3-12(5-10(15)9-20)18-8-14-13(17)6-11(16)7-19-14/h3-7,18,20H,2,8-9H2,1H3. The number of anilines is 1. The van der Waals surface area contributed by atoms with Gasteiger partial charge in [-0.05, 0) is 63.0 Å². The third-order valence-corrected chi connectivity index (χ3v) is 3.99. The largest absolute Gasteiger partial charge is 0.494 e. The van der Waals surface area contributed by atoms with Gasteiger partial charge in [0, 0.05) is 26.4 Å². The topological polar surface area (TPSA) is 54.4 Å². The van der Waals surface area contributed by atoms with Crippen LogP contribution in [0.25, 0.3) is 0 Å². The Morgan fingerprint density at radius 2 is 2.10 bits per heavy atom. The first-order chi connectivity index (χ1) is 10.1. The van der Waals surface area contributed by atoms with Crippen molar-refractivity contribution in [2.75, 3.05) is 11.9 Å². The summed E-state index contributed by atoms with van der Waals surface area (Å²) in [6.07, 6.45) is 1.76. The molecule has 0 bridgehead atoms. The minimum Gasteiger partial charge on any atom is -0.494 e. The highest BCUT2D eigenvalue weighted by Gasteiger charge is 2.06. The van der Waals surface area contributed by atoms with Gasteiger partial charge in [0.15, 0.2) is 0 Å². The quantitative estimate of drug-likeness (QED) is 0.745. The Morgan fingerprint density at radius 1 is 1.29 bits per heavy atom. The van der Waals surface area contributed by atoms with Gasteiger partial charge in [-0.2, -0.15) is 0 Å². The number of benzene rings is 1.